The summed E-state index contributed by atoms with van der Waals surface area (Å²) in [6.45, 7) is 0. The van der Waals surface area contributed by atoms with Crippen molar-refractivity contribution in [1.29, 1.82) is 0 Å². The van der Waals surface area contributed by atoms with Gasteiger partial charge in [-0.15, -0.1) is 0 Å². The molecule has 29 heavy (non-hydrogen) atoms. The lowest BCUT2D eigenvalue weighted by atomic mass is 9.72. The Balaban J connectivity index is 2.31. The zero-order chi connectivity index (χ0) is 21.3. The van der Waals surface area contributed by atoms with Gasteiger partial charge in [0.2, 0.25) is 5.41 Å². The van der Waals surface area contributed by atoms with Gasteiger partial charge in [-0.05, 0) is 23.8 Å². The molecule has 0 unspecified atom stereocenters. The van der Waals surface area contributed by atoms with Crippen LogP contribution >= 0.6 is 0 Å². The van der Waals surface area contributed by atoms with Gasteiger partial charge in [0, 0.05) is 17.3 Å². The van der Waals surface area contributed by atoms with E-state index >= 15 is 0 Å². The van der Waals surface area contributed by atoms with Gasteiger partial charge in [0.25, 0.3) is 0 Å². The van der Waals surface area contributed by atoms with Crippen molar-refractivity contribution >= 4 is 5.69 Å². The molecule has 0 spiro atoms. The van der Waals surface area contributed by atoms with Crippen molar-refractivity contribution in [3.05, 3.63) is 90.0 Å². The molecule has 0 amide bonds. The van der Waals surface area contributed by atoms with E-state index in [4.69, 9.17) is 10.5 Å². The number of ether oxygens (including phenoxy) is 1. The fourth-order valence-electron chi connectivity index (χ4n) is 3.21. The smallest absolute Gasteiger partial charge is 0.411 e. The Morgan fingerprint density at radius 3 is 1.83 bits per heavy atom. The lowest BCUT2D eigenvalue weighted by molar-refractivity contribution is -0.288. The molecule has 2 N–H and O–H groups in total. The average Bonchev–Trinajstić information content (AvgIpc) is 2.62. The summed E-state index contributed by atoms with van der Waals surface area (Å²) in [4.78, 5) is 0. The van der Waals surface area contributed by atoms with Crippen LogP contribution in [0.15, 0.2) is 78.9 Å². The summed E-state index contributed by atoms with van der Waals surface area (Å²) in [5, 5.41) is 0. The summed E-state index contributed by atoms with van der Waals surface area (Å²) in [7, 11) is 0. The van der Waals surface area contributed by atoms with Crippen molar-refractivity contribution in [3.8, 4) is 11.5 Å². The number of para-hydroxylation sites is 1. The Hall–Kier alpha value is -3.16. The molecule has 8 heteroatoms. The molecular weight excluding hydrogens is 396 g/mol. The topological polar surface area (TPSA) is 35.2 Å². The van der Waals surface area contributed by atoms with Crippen molar-refractivity contribution in [3.63, 3.8) is 0 Å². The number of alkyl halides is 6. The maximum Gasteiger partial charge on any atom is 0.411 e. The third kappa shape index (κ3) is 3.62. The van der Waals surface area contributed by atoms with Gasteiger partial charge in [-0.3, -0.25) is 0 Å². The predicted molar refractivity (Wildman–Crippen MR) is 96.7 cm³/mol. The second kappa shape index (κ2) is 7.35. The molecule has 0 bridgehead atoms. The van der Waals surface area contributed by atoms with Gasteiger partial charge < -0.3 is 10.5 Å². The van der Waals surface area contributed by atoms with Crippen molar-refractivity contribution < 1.29 is 31.1 Å². The summed E-state index contributed by atoms with van der Waals surface area (Å²) in [5.74, 6) is -0.555. The van der Waals surface area contributed by atoms with Gasteiger partial charge in [-0.2, -0.15) is 26.3 Å². The summed E-state index contributed by atoms with van der Waals surface area (Å²) in [5.41, 5.74) is -0.419. The van der Waals surface area contributed by atoms with Gasteiger partial charge in [-0.25, -0.2) is 0 Å². The molecule has 0 heterocycles. The highest BCUT2D eigenvalue weighted by molar-refractivity contribution is 5.53. The molecular formula is C21H15F6NO. The van der Waals surface area contributed by atoms with E-state index < -0.39 is 34.6 Å². The number of benzene rings is 3. The lowest BCUT2D eigenvalue weighted by Crippen LogP contribution is -2.54. The van der Waals surface area contributed by atoms with E-state index in [9.17, 15) is 26.3 Å². The van der Waals surface area contributed by atoms with Crippen LogP contribution in [0.1, 0.15) is 11.1 Å². The molecule has 3 aromatic carbocycles. The third-order valence-corrected chi connectivity index (χ3v) is 4.43. The van der Waals surface area contributed by atoms with E-state index in [0.717, 1.165) is 42.5 Å². The fraction of sp³-hybridized carbons (Fsp3) is 0.143. The van der Waals surface area contributed by atoms with Crippen LogP contribution in [0.4, 0.5) is 32.0 Å². The van der Waals surface area contributed by atoms with Gasteiger partial charge in [-0.1, -0.05) is 54.6 Å². The molecule has 0 saturated carbocycles. The van der Waals surface area contributed by atoms with Crippen molar-refractivity contribution in [2.75, 3.05) is 5.73 Å². The van der Waals surface area contributed by atoms with Crippen LogP contribution in [0.2, 0.25) is 0 Å². The van der Waals surface area contributed by atoms with Gasteiger partial charge in [0.05, 0.1) is 0 Å². The minimum absolute atomic E-state index is 0.0174. The molecule has 0 radical (unpaired) electrons. The lowest BCUT2D eigenvalue weighted by Gasteiger charge is -2.39. The zero-order valence-electron chi connectivity index (χ0n) is 14.8. The van der Waals surface area contributed by atoms with Crippen LogP contribution in [0.25, 0.3) is 0 Å². The molecule has 0 aliphatic carbocycles. The van der Waals surface area contributed by atoms with E-state index in [-0.39, 0.29) is 11.4 Å². The monoisotopic (exact) mass is 411 g/mol. The largest absolute Gasteiger partial charge is 0.457 e. The zero-order valence-corrected chi connectivity index (χ0v) is 14.8. The van der Waals surface area contributed by atoms with Crippen LogP contribution < -0.4 is 10.5 Å². The first-order valence-corrected chi connectivity index (χ1v) is 8.39. The molecule has 0 saturated heterocycles. The Labute approximate surface area is 162 Å². The van der Waals surface area contributed by atoms with E-state index in [2.05, 4.69) is 0 Å². The summed E-state index contributed by atoms with van der Waals surface area (Å²) >= 11 is 0. The standard InChI is InChI=1S/C21H15F6NO/c22-20(23,24)19(21(25,26)27,14-7-2-1-3-8-14)17-11-4-5-12-18(17)29-16-10-6-9-15(28)13-16/h1-13H,28H2. The Kier molecular flexibility index (Phi) is 5.21. The first-order chi connectivity index (χ1) is 13.6. The number of nitrogen functional groups attached to an aromatic ring is 1. The van der Waals surface area contributed by atoms with E-state index in [1.807, 2.05) is 0 Å². The highest BCUT2D eigenvalue weighted by Crippen LogP contribution is 2.58. The van der Waals surface area contributed by atoms with Crippen LogP contribution in [-0.4, -0.2) is 12.4 Å². The van der Waals surface area contributed by atoms with Crippen LogP contribution in [0.5, 0.6) is 11.5 Å². The van der Waals surface area contributed by atoms with Gasteiger partial charge >= 0.3 is 12.4 Å². The SMILES string of the molecule is Nc1cccc(Oc2ccccc2C(c2ccccc2)(C(F)(F)F)C(F)(F)F)c1. The van der Waals surface area contributed by atoms with Crippen molar-refractivity contribution in [2.45, 2.75) is 17.8 Å². The maximum atomic E-state index is 14.2. The van der Waals surface area contributed by atoms with Crippen molar-refractivity contribution in [2.24, 2.45) is 0 Å². The Bertz CT molecular complexity index is 968. The van der Waals surface area contributed by atoms with Crippen LogP contribution in [0.3, 0.4) is 0 Å². The number of anilines is 1. The first-order valence-electron chi connectivity index (χ1n) is 8.39. The molecule has 2 nitrogen and oxygen atoms in total. The van der Waals surface area contributed by atoms with Gasteiger partial charge in [0.15, 0.2) is 0 Å². The maximum absolute atomic E-state index is 14.2. The highest BCUT2D eigenvalue weighted by Gasteiger charge is 2.73. The quantitative estimate of drug-likeness (QED) is 0.394. The molecule has 0 fully saturated rings. The minimum Gasteiger partial charge on any atom is -0.457 e. The number of nitrogens with two attached hydrogens (primary N) is 1. The molecule has 152 valence electrons. The molecule has 0 aliphatic heterocycles. The minimum atomic E-state index is -5.69. The summed E-state index contributed by atoms with van der Waals surface area (Å²) in [6, 6.07) is 15.1. The number of halogens is 6. The van der Waals surface area contributed by atoms with Crippen LogP contribution in [0, 0.1) is 0 Å². The summed E-state index contributed by atoms with van der Waals surface area (Å²) < 4.78 is 90.8. The second-order valence-corrected chi connectivity index (χ2v) is 6.28. The molecule has 3 aromatic rings. The van der Waals surface area contributed by atoms with E-state index in [0.29, 0.717) is 0 Å². The summed E-state index contributed by atoms with van der Waals surface area (Å²) in [6.07, 6.45) is -11.4. The Morgan fingerprint density at radius 2 is 1.24 bits per heavy atom. The molecule has 0 aliphatic rings. The number of hydrogen-bond donors (Lipinski definition) is 1. The van der Waals surface area contributed by atoms with E-state index in [1.165, 1.54) is 36.4 Å². The predicted octanol–water partition coefficient (Wildman–Crippen LogP) is 6.47. The van der Waals surface area contributed by atoms with Gasteiger partial charge in [0.1, 0.15) is 11.5 Å². The third-order valence-electron chi connectivity index (χ3n) is 4.43. The highest BCUT2D eigenvalue weighted by atomic mass is 19.4. The normalized spacial score (nSPS) is 12.6. The number of hydrogen-bond acceptors (Lipinski definition) is 2. The molecule has 0 aromatic heterocycles. The molecule has 0 atom stereocenters. The molecule has 3 rings (SSSR count). The first kappa shape index (κ1) is 20.6. The van der Waals surface area contributed by atoms with E-state index in [1.54, 1.807) is 0 Å². The van der Waals surface area contributed by atoms with Crippen LogP contribution in [-0.2, 0) is 5.41 Å². The fourth-order valence-corrected chi connectivity index (χ4v) is 3.21. The number of rotatable bonds is 4. The Morgan fingerprint density at radius 1 is 0.655 bits per heavy atom. The second-order valence-electron chi connectivity index (χ2n) is 6.28. The van der Waals surface area contributed by atoms with Crippen molar-refractivity contribution in [1.82, 2.24) is 0 Å². The average molecular weight is 411 g/mol.